The minimum atomic E-state index is -0.901. The molecule has 1 aromatic carbocycles. The third-order valence-electron chi connectivity index (χ3n) is 8.22. The van der Waals surface area contributed by atoms with Crippen molar-refractivity contribution in [1.29, 1.82) is 0 Å². The van der Waals surface area contributed by atoms with Crippen molar-refractivity contribution in [1.82, 2.24) is 29.7 Å². The standard InChI is InChI=1S/C27H32N6O4S/c1-3-12-30-13-6-10-20-21(24(30)35)22-25(36)33(17(2)15-34)23-26(37)31(14-7-11-27(22,23)38-20)16-32-19-9-5-4-8-18(19)28-29-32/h4-11,17,20-23,34H,3,12-16H2,1-2H3/t17-,20-,21+,22+,23?,27+/m1/s1. The van der Waals surface area contributed by atoms with E-state index in [1.54, 1.807) is 33.2 Å². The van der Waals surface area contributed by atoms with Gasteiger partial charge in [0.2, 0.25) is 17.7 Å². The Morgan fingerprint density at radius 1 is 1.11 bits per heavy atom. The van der Waals surface area contributed by atoms with E-state index in [1.165, 1.54) is 0 Å². The van der Waals surface area contributed by atoms with Gasteiger partial charge in [-0.2, -0.15) is 0 Å². The van der Waals surface area contributed by atoms with Crippen LogP contribution in [0.5, 0.6) is 0 Å². The molecule has 5 heterocycles. The van der Waals surface area contributed by atoms with E-state index < -0.39 is 28.7 Å². The Hall–Kier alpha value is -3.18. The lowest BCUT2D eigenvalue weighted by molar-refractivity contribution is -0.147. The molecule has 0 bridgehead atoms. The van der Waals surface area contributed by atoms with Crippen LogP contribution in [0.4, 0.5) is 0 Å². The first-order valence-corrected chi connectivity index (χ1v) is 14.1. The number of aliphatic hydroxyl groups is 1. The number of nitrogens with zero attached hydrogens (tertiary/aromatic N) is 6. The van der Waals surface area contributed by atoms with Crippen molar-refractivity contribution in [2.45, 2.75) is 49.0 Å². The Labute approximate surface area is 225 Å². The third-order valence-corrected chi connectivity index (χ3v) is 9.97. The number of hydrogen-bond acceptors (Lipinski definition) is 7. The SMILES string of the molecule is CCCN1CC=C[C@H]2S[C@]34C=CCN(Cn5nnc6ccccc65)C(=O)C3N([C@H](C)CO)C(=O)[C@@H]4[C@H]2C1=O. The fourth-order valence-electron chi connectivity index (χ4n) is 6.52. The zero-order valence-corrected chi connectivity index (χ0v) is 22.3. The van der Waals surface area contributed by atoms with Crippen molar-refractivity contribution in [3.05, 3.63) is 48.6 Å². The number of carbonyl (C=O) groups is 3. The van der Waals surface area contributed by atoms with Crippen LogP contribution in [0.2, 0.25) is 0 Å². The first kappa shape index (κ1) is 25.1. The maximum Gasteiger partial charge on any atom is 0.248 e. The van der Waals surface area contributed by atoms with Gasteiger partial charge in [0, 0.05) is 24.9 Å². The second-order valence-corrected chi connectivity index (χ2v) is 12.0. The lowest BCUT2D eigenvalue weighted by Crippen LogP contribution is -2.56. The molecule has 1 N–H and O–H groups in total. The summed E-state index contributed by atoms with van der Waals surface area (Å²) in [6.07, 6.45) is 8.82. The van der Waals surface area contributed by atoms with Crippen LogP contribution >= 0.6 is 11.8 Å². The fourth-order valence-corrected chi connectivity index (χ4v) is 8.51. The number of thioether (sulfide) groups is 1. The summed E-state index contributed by atoms with van der Waals surface area (Å²) >= 11 is 1.55. The quantitative estimate of drug-likeness (QED) is 0.554. The summed E-state index contributed by atoms with van der Waals surface area (Å²) in [5.41, 5.74) is 1.55. The normalized spacial score (nSPS) is 31.4. The third kappa shape index (κ3) is 3.62. The molecule has 38 heavy (non-hydrogen) atoms. The molecule has 2 fully saturated rings. The average Bonchev–Trinajstić information content (AvgIpc) is 3.48. The molecule has 1 unspecified atom stereocenters. The second-order valence-electron chi connectivity index (χ2n) is 10.5. The number of likely N-dealkylation sites (tertiary alicyclic amines) is 1. The predicted octanol–water partition coefficient (Wildman–Crippen LogP) is 1.27. The first-order valence-electron chi connectivity index (χ1n) is 13.2. The molecule has 4 aliphatic rings. The van der Waals surface area contributed by atoms with E-state index in [4.69, 9.17) is 0 Å². The fraction of sp³-hybridized carbons (Fsp3) is 0.519. The topological polar surface area (TPSA) is 112 Å². The number of benzene rings is 1. The Morgan fingerprint density at radius 3 is 2.68 bits per heavy atom. The van der Waals surface area contributed by atoms with E-state index in [1.807, 2.05) is 60.4 Å². The summed E-state index contributed by atoms with van der Waals surface area (Å²) in [5, 5.41) is 18.4. The smallest absolute Gasteiger partial charge is 0.248 e. The number of carbonyl (C=O) groups excluding carboxylic acids is 3. The molecular weight excluding hydrogens is 504 g/mol. The molecule has 2 aromatic rings. The van der Waals surface area contributed by atoms with E-state index in [0.29, 0.717) is 19.6 Å². The monoisotopic (exact) mass is 536 g/mol. The highest BCUT2D eigenvalue weighted by atomic mass is 32.2. The minimum absolute atomic E-state index is 0.0298. The predicted molar refractivity (Wildman–Crippen MR) is 143 cm³/mol. The number of fused-ring (bicyclic) bond motifs is 3. The van der Waals surface area contributed by atoms with Crippen LogP contribution in [0.25, 0.3) is 11.0 Å². The molecule has 1 aromatic heterocycles. The van der Waals surface area contributed by atoms with Crippen LogP contribution < -0.4 is 0 Å². The molecule has 4 aliphatic heterocycles. The summed E-state index contributed by atoms with van der Waals surface area (Å²) in [6.45, 7) is 5.19. The zero-order valence-electron chi connectivity index (χ0n) is 21.5. The molecule has 6 rings (SSSR count). The van der Waals surface area contributed by atoms with Crippen LogP contribution in [0.15, 0.2) is 48.6 Å². The molecule has 0 aliphatic carbocycles. The van der Waals surface area contributed by atoms with Gasteiger partial charge in [0.1, 0.15) is 18.2 Å². The number of rotatable bonds is 6. The van der Waals surface area contributed by atoms with Crippen LogP contribution in [0.3, 0.4) is 0 Å². The Morgan fingerprint density at radius 2 is 1.89 bits per heavy atom. The molecule has 0 saturated carbocycles. The van der Waals surface area contributed by atoms with Gasteiger partial charge in [-0.25, -0.2) is 4.68 Å². The van der Waals surface area contributed by atoms with E-state index >= 15 is 0 Å². The molecule has 1 spiro atoms. The van der Waals surface area contributed by atoms with E-state index in [0.717, 1.165) is 17.5 Å². The van der Waals surface area contributed by atoms with E-state index in [2.05, 4.69) is 10.3 Å². The van der Waals surface area contributed by atoms with Gasteiger partial charge in [0.05, 0.1) is 34.7 Å². The van der Waals surface area contributed by atoms with Crippen LogP contribution in [0.1, 0.15) is 20.3 Å². The number of aliphatic hydroxyl groups excluding tert-OH is 1. The van der Waals surface area contributed by atoms with Gasteiger partial charge in [-0.3, -0.25) is 14.4 Å². The molecule has 3 amide bonds. The molecule has 2 saturated heterocycles. The molecule has 0 radical (unpaired) electrons. The Balaban J connectivity index is 1.41. The minimum Gasteiger partial charge on any atom is -0.394 e. The maximum absolute atomic E-state index is 14.3. The molecule has 200 valence electrons. The maximum atomic E-state index is 14.3. The molecule has 11 heteroatoms. The van der Waals surface area contributed by atoms with Crippen molar-refractivity contribution in [2.24, 2.45) is 11.8 Å². The molecule has 6 atom stereocenters. The lowest BCUT2D eigenvalue weighted by Gasteiger charge is -2.37. The van der Waals surface area contributed by atoms with Gasteiger partial charge < -0.3 is 19.8 Å². The van der Waals surface area contributed by atoms with E-state index in [-0.39, 0.29) is 36.2 Å². The first-order chi connectivity index (χ1) is 18.4. The summed E-state index contributed by atoms with van der Waals surface area (Å²) < 4.78 is 0.787. The Kier molecular flexibility index (Phi) is 6.30. The number of hydrogen-bond donors (Lipinski definition) is 1. The van der Waals surface area contributed by atoms with Crippen molar-refractivity contribution >= 4 is 40.5 Å². The van der Waals surface area contributed by atoms with Crippen LogP contribution in [-0.4, -0.2) is 101 Å². The summed E-state index contributed by atoms with van der Waals surface area (Å²) in [5.74, 6) is -1.71. The summed E-state index contributed by atoms with van der Waals surface area (Å²) in [6, 6.07) is 6.16. The average molecular weight is 537 g/mol. The zero-order chi connectivity index (χ0) is 26.6. The van der Waals surface area contributed by atoms with Crippen LogP contribution in [-0.2, 0) is 21.1 Å². The van der Waals surface area contributed by atoms with Gasteiger partial charge in [-0.05, 0) is 25.5 Å². The number of para-hydroxylation sites is 1. The largest absolute Gasteiger partial charge is 0.394 e. The Bertz CT molecular complexity index is 1340. The number of amides is 3. The lowest BCUT2D eigenvalue weighted by atomic mass is 9.78. The van der Waals surface area contributed by atoms with Crippen molar-refractivity contribution in [3.8, 4) is 0 Å². The van der Waals surface area contributed by atoms with E-state index in [9.17, 15) is 19.5 Å². The van der Waals surface area contributed by atoms with Crippen molar-refractivity contribution in [2.75, 3.05) is 26.2 Å². The number of aromatic nitrogens is 3. The molecule has 10 nitrogen and oxygen atoms in total. The van der Waals surface area contributed by atoms with Gasteiger partial charge in [-0.1, -0.05) is 48.6 Å². The highest BCUT2D eigenvalue weighted by molar-refractivity contribution is 8.02. The van der Waals surface area contributed by atoms with Crippen molar-refractivity contribution < 1.29 is 19.5 Å². The summed E-state index contributed by atoms with van der Waals surface area (Å²) in [7, 11) is 0. The second kappa shape index (κ2) is 9.53. The van der Waals surface area contributed by atoms with Crippen molar-refractivity contribution in [3.63, 3.8) is 0 Å². The van der Waals surface area contributed by atoms with Gasteiger partial charge in [0.25, 0.3) is 0 Å². The van der Waals surface area contributed by atoms with Crippen LogP contribution in [0, 0.1) is 11.8 Å². The van der Waals surface area contributed by atoms with Gasteiger partial charge >= 0.3 is 0 Å². The van der Waals surface area contributed by atoms with Gasteiger partial charge in [-0.15, -0.1) is 16.9 Å². The summed E-state index contributed by atoms with van der Waals surface area (Å²) in [4.78, 5) is 47.4. The highest BCUT2D eigenvalue weighted by Crippen LogP contribution is 2.61. The highest BCUT2D eigenvalue weighted by Gasteiger charge is 2.71. The van der Waals surface area contributed by atoms with Gasteiger partial charge in [0.15, 0.2) is 0 Å². The molecular formula is C27H32N6O4S.